The number of nitrogens with zero attached hydrogens (tertiary/aromatic N) is 2. The molecule has 1 fully saturated rings. The van der Waals surface area contributed by atoms with Gasteiger partial charge in [-0.15, -0.1) is 11.6 Å². The van der Waals surface area contributed by atoms with Gasteiger partial charge in [0.25, 0.3) is 10.0 Å². The second-order valence-electron chi connectivity index (χ2n) is 4.37. The van der Waals surface area contributed by atoms with Crippen molar-refractivity contribution >= 4 is 21.6 Å². The summed E-state index contributed by atoms with van der Waals surface area (Å²) in [5.41, 5.74) is 1.29. The topological polar surface area (TPSA) is 66.1 Å². The predicted octanol–water partition coefficient (Wildman–Crippen LogP) is 1.63. The molecule has 0 amide bonds. The minimum absolute atomic E-state index is 0.0418. The van der Waals surface area contributed by atoms with E-state index in [1.54, 1.807) is 6.92 Å². The molecule has 17 heavy (non-hydrogen) atoms. The van der Waals surface area contributed by atoms with Gasteiger partial charge in [-0.3, -0.25) is 5.10 Å². The van der Waals surface area contributed by atoms with Crippen LogP contribution in [0.1, 0.15) is 31.0 Å². The third-order valence-electron chi connectivity index (χ3n) is 3.21. The van der Waals surface area contributed by atoms with Gasteiger partial charge in [-0.05, 0) is 26.7 Å². The van der Waals surface area contributed by atoms with Gasteiger partial charge in [0.15, 0.2) is 5.03 Å². The highest BCUT2D eigenvalue weighted by Crippen LogP contribution is 2.28. The lowest BCUT2D eigenvalue weighted by Gasteiger charge is -2.19. The number of hydrogen-bond donors (Lipinski definition) is 1. The van der Waals surface area contributed by atoms with Gasteiger partial charge in [0.2, 0.25) is 0 Å². The van der Waals surface area contributed by atoms with E-state index < -0.39 is 10.0 Å². The maximum Gasteiger partial charge on any atom is 0.262 e. The molecule has 0 bridgehead atoms. The van der Waals surface area contributed by atoms with Crippen LogP contribution in [0.5, 0.6) is 0 Å². The highest BCUT2D eigenvalue weighted by atomic mass is 35.5. The Morgan fingerprint density at radius 1 is 1.59 bits per heavy atom. The number of nitrogens with one attached hydrogen (secondary N) is 1. The first-order valence-corrected chi connectivity index (χ1v) is 7.57. The Balaban J connectivity index is 2.44. The van der Waals surface area contributed by atoms with Gasteiger partial charge >= 0.3 is 0 Å². The van der Waals surface area contributed by atoms with Crippen LogP contribution in [0.2, 0.25) is 0 Å². The Hall–Kier alpha value is -0.590. The molecule has 1 atom stereocenters. The van der Waals surface area contributed by atoms with Crippen molar-refractivity contribution in [2.75, 3.05) is 6.54 Å². The molecule has 1 N–H and O–H groups in total. The molecule has 1 unspecified atom stereocenters. The summed E-state index contributed by atoms with van der Waals surface area (Å²) < 4.78 is 26.4. The first kappa shape index (κ1) is 12.9. The van der Waals surface area contributed by atoms with E-state index in [2.05, 4.69) is 10.2 Å². The first-order valence-electron chi connectivity index (χ1n) is 5.60. The number of aryl methyl sites for hydroxylation is 1. The van der Waals surface area contributed by atoms with Gasteiger partial charge in [0.1, 0.15) is 0 Å². The zero-order chi connectivity index (χ0) is 12.6. The molecule has 0 aromatic carbocycles. The third-order valence-corrected chi connectivity index (χ3v) is 5.47. The molecule has 1 aromatic rings. The second kappa shape index (κ2) is 4.59. The Labute approximate surface area is 106 Å². The quantitative estimate of drug-likeness (QED) is 0.854. The van der Waals surface area contributed by atoms with E-state index >= 15 is 0 Å². The summed E-state index contributed by atoms with van der Waals surface area (Å²) in [5.74, 6) is 0.152. The van der Waals surface area contributed by atoms with Gasteiger partial charge in [-0.25, -0.2) is 8.42 Å². The summed E-state index contributed by atoms with van der Waals surface area (Å²) in [6.07, 6.45) is 1.80. The van der Waals surface area contributed by atoms with Crippen molar-refractivity contribution in [1.29, 1.82) is 0 Å². The van der Waals surface area contributed by atoms with Crippen LogP contribution in [0, 0.1) is 6.92 Å². The van der Waals surface area contributed by atoms with Gasteiger partial charge in [-0.2, -0.15) is 9.40 Å². The van der Waals surface area contributed by atoms with Crippen LogP contribution >= 0.6 is 11.6 Å². The predicted molar refractivity (Wildman–Crippen MR) is 65.5 cm³/mol. The number of H-pyrrole nitrogens is 1. The van der Waals surface area contributed by atoms with Crippen molar-refractivity contribution in [3.8, 4) is 0 Å². The minimum atomic E-state index is -3.50. The van der Waals surface area contributed by atoms with Crippen LogP contribution in [0.4, 0.5) is 0 Å². The highest BCUT2D eigenvalue weighted by Gasteiger charge is 2.36. The van der Waals surface area contributed by atoms with Crippen LogP contribution in [0.15, 0.2) is 5.03 Å². The number of rotatable bonds is 3. The fourth-order valence-corrected chi connectivity index (χ4v) is 4.45. The Bertz CT molecular complexity index is 512. The van der Waals surface area contributed by atoms with Crippen LogP contribution in [0.3, 0.4) is 0 Å². The Morgan fingerprint density at radius 3 is 2.82 bits per heavy atom. The van der Waals surface area contributed by atoms with Gasteiger partial charge in [0.05, 0.1) is 5.88 Å². The number of aromatic amines is 1. The molecule has 0 aliphatic carbocycles. The SMILES string of the molecule is Cc1[nH]nc(S(=O)(=O)N2CCCC2C)c1CCl. The second-order valence-corrected chi connectivity index (χ2v) is 6.45. The van der Waals surface area contributed by atoms with Gasteiger partial charge in [-0.1, -0.05) is 0 Å². The molecule has 96 valence electrons. The molecular weight excluding hydrogens is 262 g/mol. The van der Waals surface area contributed by atoms with Crippen LogP contribution < -0.4 is 0 Å². The van der Waals surface area contributed by atoms with E-state index in [1.807, 2.05) is 6.92 Å². The third kappa shape index (κ3) is 2.09. The van der Waals surface area contributed by atoms with E-state index in [0.29, 0.717) is 17.8 Å². The molecule has 0 radical (unpaired) electrons. The molecule has 2 rings (SSSR count). The summed E-state index contributed by atoms with van der Waals surface area (Å²) in [7, 11) is -3.50. The highest BCUT2D eigenvalue weighted by molar-refractivity contribution is 7.89. The van der Waals surface area contributed by atoms with Crippen LogP contribution in [-0.4, -0.2) is 35.5 Å². The van der Waals surface area contributed by atoms with E-state index in [4.69, 9.17) is 11.6 Å². The van der Waals surface area contributed by atoms with Crippen molar-refractivity contribution in [3.63, 3.8) is 0 Å². The molecular formula is C10H16ClN3O2S. The maximum atomic E-state index is 12.4. The number of alkyl halides is 1. The lowest BCUT2D eigenvalue weighted by Crippen LogP contribution is -2.34. The number of sulfonamides is 1. The lowest BCUT2D eigenvalue weighted by atomic mass is 10.3. The summed E-state index contributed by atoms with van der Waals surface area (Å²) in [5, 5.41) is 6.67. The molecule has 0 spiro atoms. The summed E-state index contributed by atoms with van der Waals surface area (Å²) >= 11 is 5.78. The summed E-state index contributed by atoms with van der Waals surface area (Å²) in [6, 6.07) is 0.0418. The average Bonchev–Trinajstić information content (AvgIpc) is 2.84. The normalized spacial score (nSPS) is 22.2. The lowest BCUT2D eigenvalue weighted by molar-refractivity contribution is 0.406. The van der Waals surface area contributed by atoms with Crippen molar-refractivity contribution in [2.45, 2.75) is 43.6 Å². The molecule has 5 nitrogen and oxygen atoms in total. The van der Waals surface area contributed by atoms with Crippen molar-refractivity contribution < 1.29 is 8.42 Å². The minimum Gasteiger partial charge on any atom is -0.281 e. The summed E-state index contributed by atoms with van der Waals surface area (Å²) in [4.78, 5) is 0. The number of halogens is 1. The molecule has 1 aliphatic rings. The Morgan fingerprint density at radius 2 is 2.29 bits per heavy atom. The summed E-state index contributed by atoms with van der Waals surface area (Å²) in [6.45, 7) is 4.26. The number of aromatic nitrogens is 2. The van der Waals surface area contributed by atoms with E-state index in [1.165, 1.54) is 4.31 Å². The first-order chi connectivity index (χ1) is 7.98. The smallest absolute Gasteiger partial charge is 0.262 e. The average molecular weight is 278 g/mol. The van der Waals surface area contributed by atoms with E-state index in [-0.39, 0.29) is 16.9 Å². The standard InChI is InChI=1S/C10H16ClN3O2S/c1-7-4-3-5-14(7)17(15,16)10-9(6-11)8(2)12-13-10/h7H,3-6H2,1-2H3,(H,12,13). The Kier molecular flexibility index (Phi) is 3.47. The number of hydrogen-bond acceptors (Lipinski definition) is 3. The van der Waals surface area contributed by atoms with Crippen molar-refractivity contribution in [2.24, 2.45) is 0 Å². The van der Waals surface area contributed by atoms with Gasteiger partial charge in [0, 0.05) is 23.8 Å². The molecule has 7 heteroatoms. The van der Waals surface area contributed by atoms with E-state index in [9.17, 15) is 8.42 Å². The van der Waals surface area contributed by atoms with Crippen molar-refractivity contribution in [3.05, 3.63) is 11.3 Å². The monoisotopic (exact) mass is 277 g/mol. The molecule has 1 aliphatic heterocycles. The zero-order valence-electron chi connectivity index (χ0n) is 9.90. The molecule has 0 saturated carbocycles. The fourth-order valence-electron chi connectivity index (χ4n) is 2.18. The van der Waals surface area contributed by atoms with Gasteiger partial charge < -0.3 is 0 Å². The van der Waals surface area contributed by atoms with E-state index in [0.717, 1.165) is 12.8 Å². The molecule has 1 saturated heterocycles. The zero-order valence-corrected chi connectivity index (χ0v) is 11.5. The molecule has 2 heterocycles. The van der Waals surface area contributed by atoms with Crippen LogP contribution in [0.25, 0.3) is 0 Å². The maximum absolute atomic E-state index is 12.4. The fraction of sp³-hybridized carbons (Fsp3) is 0.700. The molecule has 1 aromatic heterocycles. The van der Waals surface area contributed by atoms with Crippen LogP contribution in [-0.2, 0) is 15.9 Å². The van der Waals surface area contributed by atoms with Crippen molar-refractivity contribution in [1.82, 2.24) is 14.5 Å². The largest absolute Gasteiger partial charge is 0.281 e.